The Morgan fingerprint density at radius 3 is 2.71 bits per heavy atom. The van der Waals surface area contributed by atoms with Gasteiger partial charge < -0.3 is 4.74 Å². The fraction of sp³-hybridized carbons (Fsp3) is 0.222. The molecule has 0 amide bonds. The van der Waals surface area contributed by atoms with E-state index in [4.69, 9.17) is 11.6 Å². The second kappa shape index (κ2) is 4.37. The maximum absolute atomic E-state index is 12.9. The van der Waals surface area contributed by atoms with E-state index in [0.717, 1.165) is 6.07 Å². The molecule has 0 atom stereocenters. The predicted octanol–water partition coefficient (Wildman–Crippen LogP) is 2.33. The molecule has 0 spiro atoms. The zero-order valence-corrected chi connectivity index (χ0v) is 8.07. The summed E-state index contributed by atoms with van der Waals surface area (Å²) in [6.45, 7) is 0. The normalized spacial score (nSPS) is 10.0. The number of halogens is 3. The summed E-state index contributed by atoms with van der Waals surface area (Å²) in [4.78, 5) is 10.8. The van der Waals surface area contributed by atoms with Gasteiger partial charge >= 0.3 is 5.97 Å². The maximum atomic E-state index is 12.9. The van der Waals surface area contributed by atoms with Crippen LogP contribution in [0.4, 0.5) is 8.78 Å². The first-order valence-corrected chi connectivity index (χ1v) is 4.13. The number of carbonyl (C=O) groups is 1. The lowest BCUT2D eigenvalue weighted by Crippen LogP contribution is -2.06. The molecule has 0 saturated carbocycles. The number of benzene rings is 1. The van der Waals surface area contributed by atoms with Crippen molar-refractivity contribution >= 4 is 17.6 Å². The second-order valence-corrected chi connectivity index (χ2v) is 2.97. The summed E-state index contributed by atoms with van der Waals surface area (Å²) in [5.74, 6) is -2.74. The summed E-state index contributed by atoms with van der Waals surface area (Å²) in [5, 5.41) is -0.379. The van der Waals surface area contributed by atoms with Crippen LogP contribution in [0.1, 0.15) is 5.56 Å². The minimum atomic E-state index is -1.15. The number of rotatable bonds is 2. The molecule has 1 aromatic carbocycles. The quantitative estimate of drug-likeness (QED) is 0.565. The van der Waals surface area contributed by atoms with Gasteiger partial charge in [-0.3, -0.25) is 4.79 Å². The van der Waals surface area contributed by atoms with E-state index in [2.05, 4.69) is 4.74 Å². The molecule has 0 radical (unpaired) electrons. The van der Waals surface area contributed by atoms with Crippen molar-refractivity contribution in [3.63, 3.8) is 0 Å². The largest absolute Gasteiger partial charge is 0.469 e. The Kier molecular flexibility index (Phi) is 3.41. The van der Waals surface area contributed by atoms with E-state index >= 15 is 0 Å². The third-order valence-corrected chi connectivity index (χ3v) is 2.09. The molecule has 0 N–H and O–H groups in total. The first-order valence-electron chi connectivity index (χ1n) is 3.75. The smallest absolute Gasteiger partial charge is 0.310 e. The zero-order valence-electron chi connectivity index (χ0n) is 7.31. The Morgan fingerprint density at radius 2 is 2.14 bits per heavy atom. The third-order valence-electron chi connectivity index (χ3n) is 1.68. The van der Waals surface area contributed by atoms with Crippen molar-refractivity contribution in [3.05, 3.63) is 34.4 Å². The van der Waals surface area contributed by atoms with Crippen LogP contribution in [0, 0.1) is 11.6 Å². The minimum absolute atomic E-state index is 0.174. The molecule has 14 heavy (non-hydrogen) atoms. The number of methoxy groups -OCH3 is 1. The van der Waals surface area contributed by atoms with Gasteiger partial charge in [0.2, 0.25) is 0 Å². The van der Waals surface area contributed by atoms with E-state index < -0.39 is 17.6 Å². The lowest BCUT2D eigenvalue weighted by atomic mass is 10.1. The average Bonchev–Trinajstić information content (AvgIpc) is 2.19. The summed E-state index contributed by atoms with van der Waals surface area (Å²) in [7, 11) is 1.20. The van der Waals surface area contributed by atoms with Gasteiger partial charge in [-0.25, -0.2) is 8.78 Å². The van der Waals surface area contributed by atoms with E-state index in [0.29, 0.717) is 0 Å². The molecule has 1 rings (SSSR count). The molecule has 0 heterocycles. The summed E-state index contributed by atoms with van der Waals surface area (Å²) in [6, 6.07) is 2.16. The second-order valence-electron chi connectivity index (χ2n) is 2.59. The van der Waals surface area contributed by atoms with Crippen molar-refractivity contribution in [3.8, 4) is 0 Å². The molecule has 0 saturated heterocycles. The highest BCUT2D eigenvalue weighted by molar-refractivity contribution is 6.31. The van der Waals surface area contributed by atoms with Crippen molar-refractivity contribution in [2.45, 2.75) is 6.42 Å². The average molecular weight is 221 g/mol. The van der Waals surface area contributed by atoms with Crippen LogP contribution in [0.5, 0.6) is 0 Å². The Labute approximate surface area is 84.4 Å². The van der Waals surface area contributed by atoms with E-state index in [1.807, 2.05) is 0 Å². The van der Waals surface area contributed by atoms with Gasteiger partial charge in [-0.1, -0.05) is 17.7 Å². The fourth-order valence-corrected chi connectivity index (χ4v) is 1.15. The topological polar surface area (TPSA) is 26.3 Å². The van der Waals surface area contributed by atoms with Gasteiger partial charge in [0.1, 0.15) is 0 Å². The highest BCUT2D eigenvalue weighted by atomic mass is 35.5. The highest BCUT2D eigenvalue weighted by Crippen LogP contribution is 2.22. The predicted molar refractivity (Wildman–Crippen MR) is 47.1 cm³/mol. The first kappa shape index (κ1) is 10.9. The first-order chi connectivity index (χ1) is 6.56. The van der Waals surface area contributed by atoms with Crippen molar-refractivity contribution in [1.82, 2.24) is 0 Å². The van der Waals surface area contributed by atoms with Crippen molar-refractivity contribution < 1.29 is 18.3 Å². The van der Waals surface area contributed by atoms with Crippen LogP contribution >= 0.6 is 11.6 Å². The number of esters is 1. The van der Waals surface area contributed by atoms with E-state index in [9.17, 15) is 13.6 Å². The van der Waals surface area contributed by atoms with E-state index in [1.165, 1.54) is 13.2 Å². The van der Waals surface area contributed by atoms with Crippen LogP contribution in [-0.2, 0) is 16.0 Å². The van der Waals surface area contributed by atoms with Gasteiger partial charge in [0.05, 0.1) is 18.6 Å². The van der Waals surface area contributed by atoms with Crippen molar-refractivity contribution in [1.29, 1.82) is 0 Å². The van der Waals surface area contributed by atoms with Crippen LogP contribution in [0.25, 0.3) is 0 Å². The molecule has 0 fully saturated rings. The number of carbonyl (C=O) groups excluding carboxylic acids is 1. The Bertz CT molecular complexity index is 366. The molecular weight excluding hydrogens is 214 g/mol. The van der Waals surface area contributed by atoms with Crippen molar-refractivity contribution in [2.24, 2.45) is 0 Å². The number of hydrogen-bond donors (Lipinski definition) is 0. The van der Waals surface area contributed by atoms with Crippen molar-refractivity contribution in [2.75, 3.05) is 7.11 Å². The molecule has 0 aliphatic rings. The highest BCUT2D eigenvalue weighted by Gasteiger charge is 2.13. The van der Waals surface area contributed by atoms with Crippen LogP contribution < -0.4 is 0 Å². The molecular formula is C9H7ClF2O2. The molecule has 0 bridgehead atoms. The SMILES string of the molecule is COC(=O)Cc1ccc(F)c(F)c1Cl. The Hall–Kier alpha value is -1.16. The van der Waals surface area contributed by atoms with Gasteiger partial charge in [-0.15, -0.1) is 0 Å². The van der Waals surface area contributed by atoms with Gasteiger partial charge in [0.15, 0.2) is 11.6 Å². The summed E-state index contributed by atoms with van der Waals surface area (Å²) >= 11 is 5.48. The molecule has 1 aromatic rings. The fourth-order valence-electron chi connectivity index (χ4n) is 0.930. The molecule has 76 valence electrons. The standard InChI is InChI=1S/C9H7ClF2O2/c1-14-7(13)4-5-2-3-6(11)9(12)8(5)10/h2-3H,4H2,1H3. The van der Waals surface area contributed by atoms with Gasteiger partial charge in [0, 0.05) is 0 Å². The molecule has 0 aromatic heterocycles. The van der Waals surface area contributed by atoms with E-state index in [-0.39, 0.29) is 17.0 Å². The number of ether oxygens (including phenoxy) is 1. The monoisotopic (exact) mass is 220 g/mol. The van der Waals surface area contributed by atoms with Gasteiger partial charge in [-0.2, -0.15) is 0 Å². The third kappa shape index (κ3) is 2.20. The maximum Gasteiger partial charge on any atom is 0.310 e. The lowest BCUT2D eigenvalue weighted by molar-refractivity contribution is -0.139. The summed E-state index contributed by atoms with van der Waals surface area (Å²) in [6.07, 6.45) is -0.174. The summed E-state index contributed by atoms with van der Waals surface area (Å²) in [5.41, 5.74) is 0.206. The molecule has 0 aliphatic carbocycles. The Morgan fingerprint density at radius 1 is 1.50 bits per heavy atom. The van der Waals surface area contributed by atoms with E-state index in [1.54, 1.807) is 0 Å². The van der Waals surface area contributed by atoms with Gasteiger partial charge in [0.25, 0.3) is 0 Å². The van der Waals surface area contributed by atoms with Crippen LogP contribution in [0.2, 0.25) is 5.02 Å². The van der Waals surface area contributed by atoms with Crippen LogP contribution in [0.15, 0.2) is 12.1 Å². The molecule has 0 unspecified atom stereocenters. The lowest BCUT2D eigenvalue weighted by Gasteiger charge is -2.04. The number of hydrogen-bond acceptors (Lipinski definition) is 2. The van der Waals surface area contributed by atoms with Gasteiger partial charge in [-0.05, 0) is 11.6 Å². The minimum Gasteiger partial charge on any atom is -0.469 e. The van der Waals surface area contributed by atoms with Crippen LogP contribution in [0.3, 0.4) is 0 Å². The summed E-state index contributed by atoms with van der Waals surface area (Å²) < 4.78 is 29.9. The van der Waals surface area contributed by atoms with Crippen LogP contribution in [-0.4, -0.2) is 13.1 Å². The molecule has 0 aliphatic heterocycles. The molecule has 2 nitrogen and oxygen atoms in total. The Balaban J connectivity index is 3.00. The zero-order chi connectivity index (χ0) is 10.7. The molecule has 5 heteroatoms.